The highest BCUT2D eigenvalue weighted by Crippen LogP contribution is 2.32. The van der Waals surface area contributed by atoms with Crippen molar-refractivity contribution in [1.82, 2.24) is 4.31 Å². The molecule has 1 aliphatic heterocycles. The number of anilines is 1. The molecule has 1 N–H and O–H groups in total. The Labute approximate surface area is 176 Å². The summed E-state index contributed by atoms with van der Waals surface area (Å²) in [6, 6.07) is 6.58. The van der Waals surface area contributed by atoms with Crippen molar-refractivity contribution in [3.63, 3.8) is 0 Å². The molecule has 0 unspecified atom stereocenters. The van der Waals surface area contributed by atoms with E-state index in [1.807, 2.05) is 0 Å². The number of sulfonamides is 1. The lowest BCUT2D eigenvalue weighted by molar-refractivity contribution is -0.137. The highest BCUT2D eigenvalue weighted by molar-refractivity contribution is 7.89. The molecule has 1 fully saturated rings. The van der Waals surface area contributed by atoms with E-state index >= 15 is 0 Å². The molecule has 0 radical (unpaired) electrons. The van der Waals surface area contributed by atoms with E-state index in [1.54, 1.807) is 6.92 Å². The van der Waals surface area contributed by atoms with Crippen LogP contribution in [0.1, 0.15) is 24.0 Å². The van der Waals surface area contributed by atoms with Crippen LogP contribution >= 0.6 is 0 Å². The fraction of sp³-hybridized carbons (Fsp3) is 0.300. The molecule has 0 aliphatic carbocycles. The van der Waals surface area contributed by atoms with Crippen LogP contribution in [0, 0.1) is 6.92 Å². The highest BCUT2D eigenvalue weighted by Gasteiger charge is 2.44. The van der Waals surface area contributed by atoms with E-state index in [0.717, 1.165) is 18.2 Å². The largest absolute Gasteiger partial charge is 0.496 e. The number of nitrogens with zero attached hydrogens (tertiary/aromatic N) is 1. The Hall–Kier alpha value is -3.08. The summed E-state index contributed by atoms with van der Waals surface area (Å²) >= 11 is 0. The molecule has 0 saturated carbocycles. The standard InChI is InChI=1S/C20H19F3N2O5S/c1-12-10-15(6-8-17(12)30-2)31(28,29)25-16(7-9-18(25)26)19(27)24-14-5-3-4-13(11-14)20(21,22)23/h3-6,8,10-11,16H,7,9H2,1-2H3,(H,24,27)/t16-/m0/s1. The number of hydrogen-bond donors (Lipinski definition) is 1. The quantitative estimate of drug-likeness (QED) is 0.745. The molecular weight excluding hydrogens is 437 g/mol. The van der Waals surface area contributed by atoms with Crippen LogP contribution in [0.15, 0.2) is 47.4 Å². The molecule has 0 bridgehead atoms. The Bertz CT molecular complexity index is 1130. The maximum Gasteiger partial charge on any atom is 0.416 e. The number of hydrogen-bond acceptors (Lipinski definition) is 5. The van der Waals surface area contributed by atoms with Gasteiger partial charge in [-0.25, -0.2) is 12.7 Å². The molecule has 1 aliphatic rings. The zero-order chi connectivity index (χ0) is 23.0. The first-order valence-electron chi connectivity index (χ1n) is 9.15. The molecule has 2 aromatic rings. The number of aryl methyl sites for hydroxylation is 1. The maximum atomic E-state index is 13.1. The second-order valence-corrected chi connectivity index (χ2v) is 8.76. The molecule has 31 heavy (non-hydrogen) atoms. The molecule has 0 spiro atoms. The van der Waals surface area contributed by atoms with Gasteiger partial charge in [0.05, 0.1) is 17.6 Å². The molecular formula is C20H19F3N2O5S. The van der Waals surface area contributed by atoms with Crippen LogP contribution in [0.5, 0.6) is 5.75 Å². The molecule has 2 aromatic carbocycles. The van der Waals surface area contributed by atoms with Crippen molar-refractivity contribution in [3.05, 3.63) is 53.6 Å². The van der Waals surface area contributed by atoms with Crippen molar-refractivity contribution in [2.24, 2.45) is 0 Å². The zero-order valence-corrected chi connectivity index (χ0v) is 17.4. The third-order valence-corrected chi connectivity index (χ3v) is 6.67. The van der Waals surface area contributed by atoms with E-state index in [0.29, 0.717) is 15.6 Å². The number of benzene rings is 2. The third-order valence-electron chi connectivity index (χ3n) is 4.84. The lowest BCUT2D eigenvalue weighted by Gasteiger charge is -2.24. The summed E-state index contributed by atoms with van der Waals surface area (Å²) in [7, 11) is -2.94. The van der Waals surface area contributed by atoms with E-state index in [2.05, 4.69) is 5.32 Å². The predicted molar refractivity (Wildman–Crippen MR) is 105 cm³/mol. The van der Waals surface area contributed by atoms with Crippen LogP contribution < -0.4 is 10.1 Å². The van der Waals surface area contributed by atoms with Crippen molar-refractivity contribution in [2.45, 2.75) is 36.9 Å². The predicted octanol–water partition coefficient (Wildman–Crippen LogP) is 3.34. The number of rotatable bonds is 5. The number of nitrogens with one attached hydrogen (secondary N) is 1. The summed E-state index contributed by atoms with van der Waals surface area (Å²) in [4.78, 5) is 24.9. The minimum Gasteiger partial charge on any atom is -0.496 e. The maximum absolute atomic E-state index is 13.1. The van der Waals surface area contributed by atoms with Gasteiger partial charge in [-0.2, -0.15) is 13.2 Å². The first-order valence-corrected chi connectivity index (χ1v) is 10.6. The second kappa shape index (κ2) is 8.22. The molecule has 11 heteroatoms. The minimum atomic E-state index is -4.61. The van der Waals surface area contributed by atoms with Gasteiger partial charge in [-0.05, 0) is 55.3 Å². The summed E-state index contributed by atoms with van der Waals surface area (Å²) < 4.78 is 70.5. The molecule has 7 nitrogen and oxygen atoms in total. The monoisotopic (exact) mass is 456 g/mol. The lowest BCUT2D eigenvalue weighted by atomic mass is 10.1. The topological polar surface area (TPSA) is 92.8 Å². The Morgan fingerprint density at radius 2 is 1.90 bits per heavy atom. The first-order chi connectivity index (χ1) is 14.4. The van der Waals surface area contributed by atoms with E-state index in [1.165, 1.54) is 31.4 Å². The summed E-state index contributed by atoms with van der Waals surface area (Å²) in [5.74, 6) is -1.21. The van der Waals surface area contributed by atoms with Crippen LogP contribution in [0.2, 0.25) is 0 Å². The molecule has 1 atom stereocenters. The number of amides is 2. The zero-order valence-electron chi connectivity index (χ0n) is 16.6. The van der Waals surface area contributed by atoms with Gasteiger partial charge in [0.1, 0.15) is 11.8 Å². The van der Waals surface area contributed by atoms with Crippen LogP contribution in [-0.2, 0) is 25.8 Å². The Kier molecular flexibility index (Phi) is 5.99. The Balaban J connectivity index is 1.89. The number of carbonyl (C=O) groups excluding carboxylic acids is 2. The van der Waals surface area contributed by atoms with Crippen molar-refractivity contribution < 1.29 is 35.9 Å². The number of methoxy groups -OCH3 is 1. The minimum absolute atomic E-state index is 0.0853. The van der Waals surface area contributed by atoms with Gasteiger partial charge in [-0.15, -0.1) is 0 Å². The third kappa shape index (κ3) is 4.50. The van der Waals surface area contributed by atoms with Crippen molar-refractivity contribution in [3.8, 4) is 5.75 Å². The van der Waals surface area contributed by atoms with Crippen LogP contribution in [0.25, 0.3) is 0 Å². The molecule has 1 saturated heterocycles. The van der Waals surface area contributed by atoms with Gasteiger partial charge in [0, 0.05) is 12.1 Å². The molecule has 0 aromatic heterocycles. The average molecular weight is 456 g/mol. The number of ether oxygens (including phenoxy) is 1. The molecule has 1 heterocycles. The SMILES string of the molecule is COc1ccc(S(=O)(=O)N2C(=O)CC[C@H]2C(=O)Nc2cccc(C(F)(F)F)c2)cc1C. The number of carbonyl (C=O) groups is 2. The molecule has 166 valence electrons. The number of halogens is 3. The fourth-order valence-electron chi connectivity index (χ4n) is 3.32. The van der Waals surface area contributed by atoms with Gasteiger partial charge >= 0.3 is 6.18 Å². The van der Waals surface area contributed by atoms with Gasteiger partial charge in [0.15, 0.2) is 0 Å². The fourth-order valence-corrected chi connectivity index (χ4v) is 5.01. The Morgan fingerprint density at radius 3 is 2.52 bits per heavy atom. The summed E-state index contributed by atoms with van der Waals surface area (Å²) in [5.41, 5.74) is -0.608. The van der Waals surface area contributed by atoms with Crippen molar-refractivity contribution in [1.29, 1.82) is 0 Å². The van der Waals surface area contributed by atoms with Crippen LogP contribution in [0.4, 0.5) is 18.9 Å². The number of alkyl halides is 3. The second-order valence-electron chi connectivity index (χ2n) is 6.95. The normalized spacial score (nSPS) is 17.0. The highest BCUT2D eigenvalue weighted by atomic mass is 32.2. The van der Waals surface area contributed by atoms with Crippen molar-refractivity contribution in [2.75, 3.05) is 12.4 Å². The van der Waals surface area contributed by atoms with E-state index in [9.17, 15) is 31.2 Å². The van der Waals surface area contributed by atoms with Gasteiger partial charge < -0.3 is 10.1 Å². The van der Waals surface area contributed by atoms with Gasteiger partial charge in [-0.1, -0.05) is 6.07 Å². The summed E-state index contributed by atoms with van der Waals surface area (Å²) in [6.45, 7) is 1.63. The van der Waals surface area contributed by atoms with Crippen molar-refractivity contribution >= 4 is 27.5 Å². The average Bonchev–Trinajstić information content (AvgIpc) is 3.10. The van der Waals surface area contributed by atoms with Crippen LogP contribution in [-0.4, -0.2) is 37.7 Å². The summed E-state index contributed by atoms with van der Waals surface area (Å²) in [5, 5.41) is 2.28. The van der Waals surface area contributed by atoms with Gasteiger partial charge in [0.25, 0.3) is 10.0 Å². The first kappa shape index (κ1) is 22.6. The lowest BCUT2D eigenvalue weighted by Crippen LogP contribution is -2.45. The summed E-state index contributed by atoms with van der Waals surface area (Å²) in [6.07, 6.45) is -4.88. The van der Waals surface area contributed by atoms with Gasteiger partial charge in [-0.3, -0.25) is 9.59 Å². The molecule has 3 rings (SSSR count). The molecule has 2 amide bonds. The smallest absolute Gasteiger partial charge is 0.416 e. The van der Waals surface area contributed by atoms with Gasteiger partial charge in [0.2, 0.25) is 11.8 Å². The Morgan fingerprint density at radius 1 is 1.19 bits per heavy atom. The van der Waals surface area contributed by atoms with E-state index in [-0.39, 0.29) is 23.4 Å². The van der Waals surface area contributed by atoms with E-state index in [4.69, 9.17) is 4.74 Å². The van der Waals surface area contributed by atoms with Crippen LogP contribution in [0.3, 0.4) is 0 Å². The van der Waals surface area contributed by atoms with E-state index < -0.39 is 39.6 Å².